The van der Waals surface area contributed by atoms with Gasteiger partial charge in [0.05, 0.1) is 5.75 Å². The largest absolute Gasteiger partial charge is 0.490 e. The molecule has 1 amide bonds. The summed E-state index contributed by atoms with van der Waals surface area (Å²) >= 11 is 0.727. The van der Waals surface area contributed by atoms with Gasteiger partial charge in [0, 0.05) is 11.5 Å². The highest BCUT2D eigenvalue weighted by atomic mass is 32.2. The number of ether oxygens (including phenoxy) is 2. The van der Waals surface area contributed by atoms with Crippen molar-refractivity contribution >= 4 is 38.5 Å². The maximum Gasteiger partial charge on any atom is 0.268 e. The summed E-state index contributed by atoms with van der Waals surface area (Å²) in [7, 11) is -3.58. The van der Waals surface area contributed by atoms with Gasteiger partial charge in [-0.15, -0.1) is 6.58 Å². The van der Waals surface area contributed by atoms with Crippen LogP contribution >= 0.6 is 11.5 Å². The number of anilines is 1. The first-order valence-electron chi connectivity index (χ1n) is 10.9. The first-order chi connectivity index (χ1) is 17.4. The number of aromatic nitrogens is 2. The maximum absolute atomic E-state index is 12.4. The third kappa shape index (κ3) is 7.24. The van der Waals surface area contributed by atoms with Gasteiger partial charge in [0.25, 0.3) is 11.1 Å². The summed E-state index contributed by atoms with van der Waals surface area (Å²) in [5.74, 6) is 0.525. The Hall–Kier alpha value is -4.01. The number of nitrogens with one attached hydrogen (secondary N) is 1. The lowest BCUT2D eigenvalue weighted by Crippen LogP contribution is -2.13. The molecule has 0 aliphatic heterocycles. The van der Waals surface area contributed by atoms with Gasteiger partial charge in [-0.25, -0.2) is 8.42 Å². The van der Waals surface area contributed by atoms with Gasteiger partial charge in [0.1, 0.15) is 36.4 Å². The first kappa shape index (κ1) is 26.6. The normalized spacial score (nSPS) is 11.4. The molecule has 0 fully saturated rings. The molecule has 0 aliphatic carbocycles. The second-order valence-electron chi connectivity index (χ2n) is 7.28. The molecule has 1 heterocycles. The Morgan fingerprint density at radius 3 is 2.58 bits per heavy atom. The predicted molar refractivity (Wildman–Crippen MR) is 138 cm³/mol. The Bertz CT molecular complexity index is 1390. The van der Waals surface area contributed by atoms with Gasteiger partial charge in [0.2, 0.25) is 15.0 Å². The van der Waals surface area contributed by atoms with Gasteiger partial charge in [0.15, 0.2) is 0 Å². The molecular weight excluding hydrogens is 500 g/mol. The van der Waals surface area contributed by atoms with Crippen LogP contribution in [-0.4, -0.2) is 42.6 Å². The minimum atomic E-state index is -3.58. The number of para-hydroxylation sites is 1. The summed E-state index contributed by atoms with van der Waals surface area (Å²) in [6.07, 6.45) is 3.95. The third-order valence-electron chi connectivity index (χ3n) is 4.79. The summed E-state index contributed by atoms with van der Waals surface area (Å²) in [5, 5.41) is 11.4. The van der Waals surface area contributed by atoms with Gasteiger partial charge in [-0.2, -0.15) is 14.6 Å². The van der Waals surface area contributed by atoms with Crippen molar-refractivity contribution in [2.24, 2.45) is 0 Å². The second-order valence-corrected chi connectivity index (χ2v) is 10.2. The number of rotatable bonds is 12. The van der Waals surface area contributed by atoms with E-state index in [2.05, 4.69) is 21.3 Å². The van der Waals surface area contributed by atoms with Crippen molar-refractivity contribution in [2.75, 3.05) is 24.3 Å². The van der Waals surface area contributed by atoms with E-state index in [0.717, 1.165) is 29.3 Å². The number of benzene rings is 2. The molecule has 0 unspecified atom stereocenters. The summed E-state index contributed by atoms with van der Waals surface area (Å²) in [4.78, 5) is 16.3. The maximum atomic E-state index is 12.4. The number of nitriles is 1. The quantitative estimate of drug-likeness (QED) is 0.162. The van der Waals surface area contributed by atoms with Crippen LogP contribution in [-0.2, 0) is 21.1 Å². The zero-order valence-corrected chi connectivity index (χ0v) is 21.1. The van der Waals surface area contributed by atoms with E-state index in [0.29, 0.717) is 24.5 Å². The van der Waals surface area contributed by atoms with E-state index in [1.165, 1.54) is 13.0 Å². The molecule has 3 aromatic rings. The zero-order valence-electron chi connectivity index (χ0n) is 19.5. The van der Waals surface area contributed by atoms with Crippen LogP contribution < -0.4 is 14.8 Å². The van der Waals surface area contributed by atoms with Crippen molar-refractivity contribution in [3.8, 4) is 17.6 Å². The van der Waals surface area contributed by atoms with Gasteiger partial charge < -0.3 is 9.47 Å². The van der Waals surface area contributed by atoms with Gasteiger partial charge >= 0.3 is 0 Å². The van der Waals surface area contributed by atoms with Gasteiger partial charge in [-0.3, -0.25) is 10.1 Å². The monoisotopic (exact) mass is 524 g/mol. The van der Waals surface area contributed by atoms with Crippen LogP contribution in [0.2, 0.25) is 0 Å². The molecule has 3 rings (SSSR count). The van der Waals surface area contributed by atoms with Crippen LogP contribution in [0.25, 0.3) is 6.08 Å². The highest BCUT2D eigenvalue weighted by Crippen LogP contribution is 2.20. The molecule has 1 aromatic heterocycles. The smallest absolute Gasteiger partial charge is 0.268 e. The van der Waals surface area contributed by atoms with Crippen molar-refractivity contribution in [3.05, 3.63) is 77.9 Å². The van der Waals surface area contributed by atoms with Crippen molar-refractivity contribution in [3.63, 3.8) is 0 Å². The van der Waals surface area contributed by atoms with E-state index < -0.39 is 15.7 Å². The summed E-state index contributed by atoms with van der Waals surface area (Å²) in [6.45, 7) is 5.92. The van der Waals surface area contributed by atoms with Crippen LogP contribution in [0.4, 0.5) is 5.13 Å². The average molecular weight is 525 g/mol. The minimum Gasteiger partial charge on any atom is -0.490 e. The number of allylic oxidation sites excluding steroid dienone is 1. The Labute approximate surface area is 213 Å². The van der Waals surface area contributed by atoms with Crippen LogP contribution in [0.15, 0.2) is 71.9 Å². The van der Waals surface area contributed by atoms with Crippen molar-refractivity contribution in [2.45, 2.75) is 18.5 Å². The molecule has 0 saturated carbocycles. The van der Waals surface area contributed by atoms with E-state index in [-0.39, 0.29) is 21.6 Å². The fraction of sp³-hybridized carbons (Fsp3) is 0.200. The fourth-order valence-electron chi connectivity index (χ4n) is 2.94. The Balaban J connectivity index is 1.55. The average Bonchev–Trinajstić information content (AvgIpc) is 3.36. The lowest BCUT2D eigenvalue weighted by molar-refractivity contribution is -0.112. The molecular formula is C25H24N4O5S2. The highest BCUT2D eigenvalue weighted by Gasteiger charge is 2.20. The van der Waals surface area contributed by atoms with Crippen LogP contribution in [0.3, 0.4) is 0 Å². The van der Waals surface area contributed by atoms with Crippen molar-refractivity contribution < 1.29 is 22.7 Å². The fourth-order valence-corrected chi connectivity index (χ4v) is 4.52. The van der Waals surface area contributed by atoms with Crippen LogP contribution in [0.5, 0.6) is 11.5 Å². The van der Waals surface area contributed by atoms with Crippen molar-refractivity contribution in [1.82, 2.24) is 9.36 Å². The Morgan fingerprint density at radius 1 is 1.17 bits per heavy atom. The van der Waals surface area contributed by atoms with E-state index >= 15 is 0 Å². The lowest BCUT2D eigenvalue weighted by atomic mass is 10.1. The number of hydrogen-bond acceptors (Lipinski definition) is 9. The first-order valence-corrected chi connectivity index (χ1v) is 13.3. The molecule has 1 N–H and O–H groups in total. The zero-order chi connectivity index (χ0) is 26.0. The number of carbonyl (C=O) groups is 1. The van der Waals surface area contributed by atoms with Crippen molar-refractivity contribution in [1.29, 1.82) is 5.26 Å². The SMILES string of the molecule is C=CCc1ccccc1OCCOc1ccc(/C=C(/C#N)C(=O)Nc2nc(S(=O)(=O)CC)ns2)cc1. The molecule has 0 saturated heterocycles. The molecule has 11 heteroatoms. The van der Waals surface area contributed by atoms with E-state index in [1.54, 1.807) is 24.3 Å². The number of nitrogens with zero attached hydrogens (tertiary/aromatic N) is 3. The predicted octanol–water partition coefficient (Wildman–Crippen LogP) is 4.06. The van der Waals surface area contributed by atoms with Gasteiger partial charge in [-0.05, 0) is 41.8 Å². The van der Waals surface area contributed by atoms with Crippen LogP contribution in [0.1, 0.15) is 18.1 Å². The van der Waals surface area contributed by atoms with E-state index in [4.69, 9.17) is 9.47 Å². The molecule has 0 bridgehead atoms. The molecule has 9 nitrogen and oxygen atoms in total. The summed E-state index contributed by atoms with van der Waals surface area (Å²) < 4.78 is 38.9. The molecule has 0 radical (unpaired) electrons. The number of carbonyl (C=O) groups excluding carboxylic acids is 1. The molecule has 2 aromatic carbocycles. The minimum absolute atomic E-state index is 0.00809. The lowest BCUT2D eigenvalue weighted by Gasteiger charge is -2.11. The highest BCUT2D eigenvalue weighted by molar-refractivity contribution is 7.91. The Kier molecular flexibility index (Phi) is 9.32. The number of sulfone groups is 1. The van der Waals surface area contributed by atoms with E-state index in [1.807, 2.05) is 36.4 Å². The molecule has 0 spiro atoms. The van der Waals surface area contributed by atoms with E-state index in [9.17, 15) is 18.5 Å². The molecule has 36 heavy (non-hydrogen) atoms. The standard InChI is InChI=1S/C25H24N4O5S2/c1-3-7-19-8-5-6-9-22(19)34-15-14-33-21-12-10-18(11-13-21)16-20(17-26)23(30)27-24-28-25(29-35-24)36(31,32)4-2/h3,5-6,8-13,16H,1,4,7,14-15H2,2H3,(H,27,28,29,30)/b20-16-. The second kappa shape index (κ2) is 12.6. The molecule has 0 aliphatic rings. The molecule has 0 atom stereocenters. The summed E-state index contributed by atoms with van der Waals surface area (Å²) in [5.41, 5.74) is 1.49. The van der Waals surface area contributed by atoms with Crippen LogP contribution in [0, 0.1) is 11.3 Å². The summed E-state index contributed by atoms with van der Waals surface area (Å²) in [6, 6.07) is 16.4. The number of hydrogen-bond donors (Lipinski definition) is 1. The molecule has 186 valence electrons. The Morgan fingerprint density at radius 2 is 1.89 bits per heavy atom. The van der Waals surface area contributed by atoms with Gasteiger partial charge in [-0.1, -0.05) is 43.3 Å². The third-order valence-corrected chi connectivity index (χ3v) is 7.03. The number of amides is 1. The topological polar surface area (TPSA) is 131 Å².